The number of nitrogens with one attached hydrogen (secondary N) is 1. The Labute approximate surface area is 116 Å². The third kappa shape index (κ3) is 3.44. The molecule has 102 valence electrons. The number of ether oxygens (including phenoxy) is 1. The smallest absolute Gasteiger partial charge is 0.183 e. The molecule has 2 aromatic rings. The van der Waals surface area contributed by atoms with Crippen molar-refractivity contribution in [3.8, 4) is 17.0 Å². The lowest BCUT2D eigenvalue weighted by molar-refractivity contribution is 0.386. The van der Waals surface area contributed by atoms with Gasteiger partial charge >= 0.3 is 0 Å². The Morgan fingerprint density at radius 1 is 1.42 bits per heavy atom. The highest BCUT2D eigenvalue weighted by atomic mass is 32.1. The molecule has 0 saturated carbocycles. The second kappa shape index (κ2) is 6.52. The van der Waals surface area contributed by atoms with E-state index < -0.39 is 0 Å². The van der Waals surface area contributed by atoms with Crippen LogP contribution in [0.15, 0.2) is 23.6 Å². The molecule has 2 rings (SSSR count). The first-order valence-electron chi connectivity index (χ1n) is 6.28. The number of thiazole rings is 1. The molecule has 0 radical (unpaired) electrons. The van der Waals surface area contributed by atoms with E-state index >= 15 is 0 Å². The van der Waals surface area contributed by atoms with E-state index in [-0.39, 0.29) is 11.6 Å². The number of aromatic nitrogens is 1. The zero-order valence-corrected chi connectivity index (χ0v) is 11.9. The van der Waals surface area contributed by atoms with Crippen molar-refractivity contribution in [3.63, 3.8) is 0 Å². The zero-order valence-electron chi connectivity index (χ0n) is 11.1. The van der Waals surface area contributed by atoms with Crippen molar-refractivity contribution in [2.75, 3.05) is 19.0 Å². The molecule has 1 aromatic carbocycles. The lowest BCUT2D eigenvalue weighted by Gasteiger charge is -2.03. The molecule has 1 N–H and O–H groups in total. The first-order chi connectivity index (χ1) is 9.24. The first-order valence-corrected chi connectivity index (χ1v) is 7.16. The van der Waals surface area contributed by atoms with Gasteiger partial charge in [-0.2, -0.15) is 0 Å². The summed E-state index contributed by atoms with van der Waals surface area (Å²) in [7, 11) is 1.46. The molecule has 0 atom stereocenters. The Bertz CT molecular complexity index is 542. The molecular formula is C14H17FN2OS. The van der Waals surface area contributed by atoms with E-state index in [9.17, 15) is 4.39 Å². The minimum atomic E-state index is -0.367. The van der Waals surface area contributed by atoms with Gasteiger partial charge in [-0.05, 0) is 24.6 Å². The molecule has 5 heteroatoms. The zero-order chi connectivity index (χ0) is 13.7. The minimum absolute atomic E-state index is 0.250. The average Bonchev–Trinajstić information content (AvgIpc) is 2.88. The molecule has 0 saturated heterocycles. The maximum atomic E-state index is 13.6. The van der Waals surface area contributed by atoms with Gasteiger partial charge in [0, 0.05) is 17.5 Å². The van der Waals surface area contributed by atoms with E-state index in [1.54, 1.807) is 6.07 Å². The third-order valence-corrected chi connectivity index (χ3v) is 3.56. The molecule has 0 bridgehead atoms. The number of benzene rings is 1. The van der Waals surface area contributed by atoms with Crippen molar-refractivity contribution in [3.05, 3.63) is 29.4 Å². The number of anilines is 1. The molecule has 1 aromatic heterocycles. The Hall–Kier alpha value is -1.62. The number of rotatable bonds is 6. The van der Waals surface area contributed by atoms with Crippen molar-refractivity contribution in [2.24, 2.45) is 0 Å². The Morgan fingerprint density at radius 3 is 2.95 bits per heavy atom. The predicted octanol–water partition coefficient (Wildman–Crippen LogP) is 4.17. The van der Waals surface area contributed by atoms with Crippen LogP contribution in [-0.2, 0) is 0 Å². The van der Waals surface area contributed by atoms with Crippen LogP contribution in [0, 0.1) is 5.82 Å². The van der Waals surface area contributed by atoms with E-state index in [4.69, 9.17) is 4.74 Å². The molecule has 19 heavy (non-hydrogen) atoms. The highest BCUT2D eigenvalue weighted by Crippen LogP contribution is 2.28. The van der Waals surface area contributed by atoms with Crippen LogP contribution in [0.1, 0.15) is 19.8 Å². The summed E-state index contributed by atoms with van der Waals surface area (Å²) in [6.07, 6.45) is 2.26. The monoisotopic (exact) mass is 280 g/mol. The van der Waals surface area contributed by atoms with Gasteiger partial charge in [-0.15, -0.1) is 11.3 Å². The van der Waals surface area contributed by atoms with Crippen LogP contribution >= 0.6 is 11.3 Å². The third-order valence-electron chi connectivity index (χ3n) is 2.76. The summed E-state index contributed by atoms with van der Waals surface area (Å²) in [5, 5.41) is 6.06. The van der Waals surface area contributed by atoms with Crippen molar-refractivity contribution in [1.82, 2.24) is 4.98 Å². The fourth-order valence-corrected chi connectivity index (χ4v) is 2.43. The summed E-state index contributed by atoms with van der Waals surface area (Å²) in [6.45, 7) is 3.06. The Balaban J connectivity index is 2.11. The maximum absolute atomic E-state index is 13.6. The van der Waals surface area contributed by atoms with E-state index in [1.165, 1.54) is 24.5 Å². The highest BCUT2D eigenvalue weighted by molar-refractivity contribution is 7.14. The summed E-state index contributed by atoms with van der Waals surface area (Å²) in [5.74, 6) is -0.117. The number of hydrogen-bond donors (Lipinski definition) is 1. The fraction of sp³-hybridized carbons (Fsp3) is 0.357. The lowest BCUT2D eigenvalue weighted by Crippen LogP contribution is -1.99. The fourth-order valence-electron chi connectivity index (χ4n) is 1.69. The lowest BCUT2D eigenvalue weighted by atomic mass is 10.1. The van der Waals surface area contributed by atoms with Crippen LogP contribution in [-0.4, -0.2) is 18.6 Å². The molecule has 0 aliphatic heterocycles. The van der Waals surface area contributed by atoms with Crippen LogP contribution in [0.3, 0.4) is 0 Å². The average molecular weight is 280 g/mol. The second-order valence-electron chi connectivity index (χ2n) is 4.17. The quantitative estimate of drug-likeness (QED) is 0.806. The SMILES string of the molecule is CCCCNc1nc(-c2ccc(OC)c(F)c2)cs1. The van der Waals surface area contributed by atoms with Crippen LogP contribution in [0.2, 0.25) is 0 Å². The van der Waals surface area contributed by atoms with Crippen molar-refractivity contribution < 1.29 is 9.13 Å². The Morgan fingerprint density at radius 2 is 2.26 bits per heavy atom. The van der Waals surface area contributed by atoms with Gasteiger partial charge < -0.3 is 10.1 Å². The van der Waals surface area contributed by atoms with Gasteiger partial charge in [0.2, 0.25) is 0 Å². The molecule has 0 aliphatic rings. The van der Waals surface area contributed by atoms with Gasteiger partial charge in [-0.25, -0.2) is 9.37 Å². The molecule has 1 heterocycles. The van der Waals surface area contributed by atoms with Gasteiger partial charge in [0.05, 0.1) is 12.8 Å². The van der Waals surface area contributed by atoms with E-state index in [0.29, 0.717) is 0 Å². The van der Waals surface area contributed by atoms with Crippen molar-refractivity contribution in [1.29, 1.82) is 0 Å². The van der Waals surface area contributed by atoms with Gasteiger partial charge in [-0.1, -0.05) is 13.3 Å². The summed E-state index contributed by atoms with van der Waals surface area (Å²) in [4.78, 5) is 4.45. The minimum Gasteiger partial charge on any atom is -0.494 e. The van der Waals surface area contributed by atoms with Crippen LogP contribution in [0.4, 0.5) is 9.52 Å². The Kier molecular flexibility index (Phi) is 4.74. The van der Waals surface area contributed by atoms with Crippen molar-refractivity contribution in [2.45, 2.75) is 19.8 Å². The normalized spacial score (nSPS) is 10.5. The molecule has 0 unspecified atom stereocenters. The highest BCUT2D eigenvalue weighted by Gasteiger charge is 2.08. The molecule has 0 amide bonds. The van der Waals surface area contributed by atoms with Crippen molar-refractivity contribution >= 4 is 16.5 Å². The molecule has 0 aliphatic carbocycles. The summed E-state index contributed by atoms with van der Waals surface area (Å²) < 4.78 is 18.5. The van der Waals surface area contributed by atoms with E-state index in [0.717, 1.165) is 35.8 Å². The van der Waals surface area contributed by atoms with Crippen LogP contribution in [0.5, 0.6) is 5.75 Å². The number of hydrogen-bond acceptors (Lipinski definition) is 4. The molecule has 0 fully saturated rings. The topological polar surface area (TPSA) is 34.2 Å². The van der Waals surface area contributed by atoms with Gasteiger partial charge in [0.25, 0.3) is 0 Å². The number of nitrogens with zero attached hydrogens (tertiary/aromatic N) is 1. The first kappa shape index (κ1) is 13.8. The molecule has 3 nitrogen and oxygen atoms in total. The second-order valence-corrected chi connectivity index (χ2v) is 5.03. The van der Waals surface area contributed by atoms with E-state index in [2.05, 4.69) is 17.2 Å². The summed E-state index contributed by atoms with van der Waals surface area (Å²) in [5.41, 5.74) is 1.55. The molecular weight excluding hydrogens is 263 g/mol. The number of unbranched alkanes of at least 4 members (excludes halogenated alkanes) is 1. The maximum Gasteiger partial charge on any atom is 0.183 e. The summed E-state index contributed by atoms with van der Waals surface area (Å²) >= 11 is 1.53. The predicted molar refractivity (Wildman–Crippen MR) is 77.5 cm³/mol. The van der Waals surface area contributed by atoms with Gasteiger partial charge in [0.15, 0.2) is 16.7 Å². The largest absolute Gasteiger partial charge is 0.494 e. The van der Waals surface area contributed by atoms with Crippen LogP contribution < -0.4 is 10.1 Å². The molecule has 0 spiro atoms. The standard InChI is InChI=1S/C14H17FN2OS/c1-3-4-7-16-14-17-12(9-19-14)10-5-6-13(18-2)11(15)8-10/h5-6,8-9H,3-4,7H2,1-2H3,(H,16,17). The van der Waals surface area contributed by atoms with E-state index in [1.807, 2.05) is 11.4 Å². The van der Waals surface area contributed by atoms with Gasteiger partial charge in [0.1, 0.15) is 0 Å². The summed E-state index contributed by atoms with van der Waals surface area (Å²) in [6, 6.07) is 4.88. The number of methoxy groups -OCH3 is 1. The number of halogens is 1. The van der Waals surface area contributed by atoms with Crippen LogP contribution in [0.25, 0.3) is 11.3 Å². The van der Waals surface area contributed by atoms with Gasteiger partial charge in [-0.3, -0.25) is 0 Å².